The topological polar surface area (TPSA) is 0 Å². The second-order valence-corrected chi connectivity index (χ2v) is 3.79. The van der Waals surface area contributed by atoms with Gasteiger partial charge in [-0.05, 0) is 12.2 Å². The monoisotopic (exact) mass is 158 g/mol. The maximum Gasteiger partial charge on any atom is 0.0355 e. The van der Waals surface area contributed by atoms with E-state index < -0.39 is 0 Å². The molecule has 0 unspecified atom stereocenters. The van der Waals surface area contributed by atoms with Gasteiger partial charge in [0.05, 0.1) is 0 Å². The Labute approximate surface area is 68.5 Å². The number of hydrogen-bond donors (Lipinski definition) is 0. The fourth-order valence-electron chi connectivity index (χ4n) is 1.55. The van der Waals surface area contributed by atoms with Gasteiger partial charge in [0, 0.05) is 20.2 Å². The average molecular weight is 158 g/mol. The standard InChI is InChI=1S/C10H6S/c1-3-7-8-4-2-6-10(8)11-9(7)5-1/h1-6H. The molecule has 0 N–H and O–H groups in total. The molecule has 2 aliphatic rings. The summed E-state index contributed by atoms with van der Waals surface area (Å²) >= 11 is 1.87. The molecule has 0 aromatic carbocycles. The molecule has 0 fully saturated rings. The highest BCUT2D eigenvalue weighted by Crippen LogP contribution is 2.14. The van der Waals surface area contributed by atoms with Crippen molar-refractivity contribution in [3.05, 3.63) is 32.3 Å². The highest BCUT2D eigenvalue weighted by atomic mass is 32.1. The molecule has 0 spiro atoms. The van der Waals surface area contributed by atoms with Crippen molar-refractivity contribution in [2.75, 3.05) is 0 Å². The van der Waals surface area contributed by atoms with E-state index in [1.807, 2.05) is 11.3 Å². The van der Waals surface area contributed by atoms with E-state index in [9.17, 15) is 0 Å². The van der Waals surface area contributed by atoms with Gasteiger partial charge in [0.15, 0.2) is 0 Å². The Bertz CT molecular complexity index is 439. The third kappa shape index (κ3) is 0.589. The van der Waals surface area contributed by atoms with Gasteiger partial charge in [-0.3, -0.25) is 0 Å². The first kappa shape index (κ1) is 5.56. The van der Waals surface area contributed by atoms with E-state index >= 15 is 0 Å². The second kappa shape index (κ2) is 1.74. The van der Waals surface area contributed by atoms with Gasteiger partial charge in [-0.25, -0.2) is 0 Å². The van der Waals surface area contributed by atoms with Crippen molar-refractivity contribution >= 4 is 35.6 Å². The minimum atomic E-state index is 1.41. The van der Waals surface area contributed by atoms with Crippen molar-refractivity contribution in [3.8, 4) is 0 Å². The first-order chi connectivity index (χ1) is 5.45. The van der Waals surface area contributed by atoms with E-state index in [1.165, 1.54) is 20.2 Å². The molecule has 0 aliphatic heterocycles. The zero-order chi connectivity index (χ0) is 7.26. The van der Waals surface area contributed by atoms with Crippen LogP contribution in [0, 0.1) is 0 Å². The van der Waals surface area contributed by atoms with E-state index in [1.54, 1.807) is 0 Å². The Morgan fingerprint density at radius 3 is 1.91 bits per heavy atom. The number of hydrogen-bond acceptors (Lipinski definition) is 1. The van der Waals surface area contributed by atoms with Gasteiger partial charge in [-0.15, -0.1) is 11.3 Å². The van der Waals surface area contributed by atoms with Crippen LogP contribution in [0.25, 0.3) is 24.3 Å². The summed E-state index contributed by atoms with van der Waals surface area (Å²) in [6.07, 6.45) is 13.0. The number of thiophene rings is 1. The van der Waals surface area contributed by atoms with Crippen LogP contribution >= 0.6 is 11.3 Å². The van der Waals surface area contributed by atoms with Gasteiger partial charge in [-0.1, -0.05) is 24.3 Å². The SMILES string of the molecule is C1=Cc2c3c(sc2=C1)=CC=C3. The average Bonchev–Trinajstić information content (AvgIpc) is 2.52. The first-order valence-electron chi connectivity index (χ1n) is 3.65. The van der Waals surface area contributed by atoms with Gasteiger partial charge >= 0.3 is 0 Å². The van der Waals surface area contributed by atoms with E-state index in [-0.39, 0.29) is 0 Å². The van der Waals surface area contributed by atoms with Crippen LogP contribution in [0.3, 0.4) is 0 Å². The lowest BCUT2D eigenvalue weighted by Gasteiger charge is -1.84. The van der Waals surface area contributed by atoms with Crippen LogP contribution in [-0.4, -0.2) is 0 Å². The molecule has 1 aromatic rings. The lowest BCUT2D eigenvalue weighted by Crippen LogP contribution is -1.91. The fraction of sp³-hybridized carbons (Fsp3) is 0. The van der Waals surface area contributed by atoms with Crippen LogP contribution in [0.15, 0.2) is 12.2 Å². The summed E-state index contributed by atoms with van der Waals surface area (Å²) in [5.41, 5.74) is 2.82. The Kier molecular flexibility index (Phi) is 0.880. The van der Waals surface area contributed by atoms with E-state index in [4.69, 9.17) is 0 Å². The zero-order valence-electron chi connectivity index (χ0n) is 5.87. The highest BCUT2D eigenvalue weighted by Gasteiger charge is 2.08. The molecule has 0 nitrogen and oxygen atoms in total. The van der Waals surface area contributed by atoms with Crippen molar-refractivity contribution in [1.29, 1.82) is 0 Å². The Balaban J connectivity index is 2.60. The lowest BCUT2D eigenvalue weighted by atomic mass is 10.2. The summed E-state index contributed by atoms with van der Waals surface area (Å²) in [6.45, 7) is 0. The molecule has 1 heterocycles. The van der Waals surface area contributed by atoms with Crippen LogP contribution in [0.1, 0.15) is 11.1 Å². The molecule has 0 atom stereocenters. The summed E-state index contributed by atoms with van der Waals surface area (Å²) in [4.78, 5) is 0. The number of allylic oxidation sites excluding steroid dienone is 2. The van der Waals surface area contributed by atoms with Crippen molar-refractivity contribution in [2.45, 2.75) is 0 Å². The maximum atomic E-state index is 2.19. The highest BCUT2D eigenvalue weighted by molar-refractivity contribution is 7.08. The molecular weight excluding hydrogens is 152 g/mol. The van der Waals surface area contributed by atoms with Crippen molar-refractivity contribution < 1.29 is 0 Å². The molecule has 0 saturated heterocycles. The molecule has 0 bridgehead atoms. The molecule has 0 radical (unpaired) electrons. The predicted octanol–water partition coefficient (Wildman–Crippen LogP) is 1.36. The summed E-state index contributed by atoms with van der Waals surface area (Å²) in [7, 11) is 0. The molecule has 1 aromatic heterocycles. The molecule has 1 heteroatoms. The quantitative estimate of drug-likeness (QED) is 0.535. The molecule has 52 valence electrons. The zero-order valence-corrected chi connectivity index (χ0v) is 6.69. The minimum Gasteiger partial charge on any atom is -0.135 e. The molecular formula is C10H6S. The largest absolute Gasteiger partial charge is 0.135 e. The van der Waals surface area contributed by atoms with Crippen LogP contribution in [0.2, 0.25) is 0 Å². The molecule has 0 amide bonds. The lowest BCUT2D eigenvalue weighted by molar-refractivity contribution is 1.74. The third-order valence-electron chi connectivity index (χ3n) is 2.06. The van der Waals surface area contributed by atoms with Crippen LogP contribution in [0.4, 0.5) is 0 Å². The van der Waals surface area contributed by atoms with Crippen molar-refractivity contribution in [1.82, 2.24) is 0 Å². The maximum absolute atomic E-state index is 2.19. The number of fused-ring (bicyclic) bond motifs is 3. The van der Waals surface area contributed by atoms with E-state index in [0.29, 0.717) is 0 Å². The molecule has 11 heavy (non-hydrogen) atoms. The Morgan fingerprint density at radius 2 is 1.36 bits per heavy atom. The first-order valence-corrected chi connectivity index (χ1v) is 4.46. The third-order valence-corrected chi connectivity index (χ3v) is 3.21. The van der Waals surface area contributed by atoms with E-state index in [0.717, 1.165) is 0 Å². The van der Waals surface area contributed by atoms with Gasteiger partial charge in [0.1, 0.15) is 0 Å². The van der Waals surface area contributed by atoms with Crippen LogP contribution in [-0.2, 0) is 0 Å². The Hall–Kier alpha value is -1.08. The minimum absolute atomic E-state index is 1.41. The van der Waals surface area contributed by atoms with Gasteiger partial charge in [0.25, 0.3) is 0 Å². The van der Waals surface area contributed by atoms with Crippen LogP contribution < -0.4 is 9.06 Å². The summed E-state index contributed by atoms with van der Waals surface area (Å²) in [6, 6.07) is 0. The van der Waals surface area contributed by atoms with Crippen LogP contribution in [0.5, 0.6) is 0 Å². The Morgan fingerprint density at radius 1 is 0.818 bits per heavy atom. The van der Waals surface area contributed by atoms with Crippen molar-refractivity contribution in [2.24, 2.45) is 0 Å². The summed E-state index contributed by atoms with van der Waals surface area (Å²) < 4.78 is 2.83. The molecule has 2 aliphatic carbocycles. The second-order valence-electron chi connectivity index (χ2n) is 2.71. The smallest absolute Gasteiger partial charge is 0.0355 e. The summed E-state index contributed by atoms with van der Waals surface area (Å²) in [5.74, 6) is 0. The number of rotatable bonds is 0. The predicted molar refractivity (Wildman–Crippen MR) is 50.6 cm³/mol. The van der Waals surface area contributed by atoms with Gasteiger partial charge in [-0.2, -0.15) is 0 Å². The molecule has 0 saturated carbocycles. The normalized spacial score (nSPS) is 16.0. The van der Waals surface area contributed by atoms with Crippen molar-refractivity contribution in [3.63, 3.8) is 0 Å². The fourth-order valence-corrected chi connectivity index (χ4v) is 2.65. The molecule has 3 rings (SSSR count). The van der Waals surface area contributed by atoms with Gasteiger partial charge < -0.3 is 0 Å². The summed E-state index contributed by atoms with van der Waals surface area (Å²) in [5, 5.41) is 0. The van der Waals surface area contributed by atoms with Gasteiger partial charge in [0.2, 0.25) is 0 Å². The van der Waals surface area contributed by atoms with E-state index in [2.05, 4.69) is 36.5 Å².